The van der Waals surface area contributed by atoms with Gasteiger partial charge in [0, 0.05) is 23.3 Å². The molecule has 2 rings (SSSR count). The van der Waals surface area contributed by atoms with Crippen LogP contribution in [0.5, 0.6) is 0 Å². The van der Waals surface area contributed by atoms with E-state index in [-0.39, 0.29) is 39.5 Å². The van der Waals surface area contributed by atoms with Gasteiger partial charge in [-0.05, 0) is 38.8 Å². The number of aromatic amines is 1. The molecule has 0 saturated heterocycles. The van der Waals surface area contributed by atoms with Crippen molar-refractivity contribution in [2.75, 3.05) is 0 Å². The molecule has 27 heavy (non-hydrogen) atoms. The van der Waals surface area contributed by atoms with E-state index in [0.29, 0.717) is 0 Å². The van der Waals surface area contributed by atoms with Crippen molar-refractivity contribution in [3.63, 3.8) is 0 Å². The minimum Gasteiger partial charge on any atom is -0.357 e. The fourth-order valence-electron chi connectivity index (χ4n) is 3.25. The Balaban J connectivity index is 2.89. The summed E-state index contributed by atoms with van der Waals surface area (Å²) in [6.07, 6.45) is -0.853. The number of hydrogen-bond donors (Lipinski definition) is 3. The van der Waals surface area contributed by atoms with Crippen molar-refractivity contribution >= 4 is 38.8 Å². The average molecular weight is 422 g/mol. The predicted octanol–water partition coefficient (Wildman–Crippen LogP) is 2.65. The van der Waals surface area contributed by atoms with E-state index in [1.807, 2.05) is 0 Å². The highest BCUT2D eigenvalue weighted by Gasteiger charge is 2.33. The standard InChI is InChI=1S/C14H17BF2N2O6S2/c1-6-11(18-8(3)13(6)26(20,21)22)10(5-15(16)17)12-7(2)14(9(4)19-12)27(23,24)25/h18H,5H2,1-4H3,(H,20,21,22)(H,23,24,25). The highest BCUT2D eigenvalue weighted by molar-refractivity contribution is 7.91. The number of nitrogens with zero attached hydrogens (tertiary/aromatic N) is 1. The van der Waals surface area contributed by atoms with Crippen LogP contribution < -0.4 is 0 Å². The molecule has 3 N–H and O–H groups in total. The zero-order chi connectivity index (χ0) is 20.9. The van der Waals surface area contributed by atoms with Crippen LogP contribution in [0.1, 0.15) is 30.8 Å². The fourth-order valence-corrected chi connectivity index (χ4v) is 5.08. The van der Waals surface area contributed by atoms with Gasteiger partial charge in [-0.1, -0.05) is 0 Å². The summed E-state index contributed by atoms with van der Waals surface area (Å²) in [6, 6.07) is 0. The molecule has 148 valence electrons. The minimum atomic E-state index is -4.63. The second-order valence-electron chi connectivity index (χ2n) is 6.10. The minimum absolute atomic E-state index is 0.000825. The molecule has 0 bridgehead atoms. The third-order valence-corrected chi connectivity index (χ3v) is 6.38. The van der Waals surface area contributed by atoms with E-state index in [9.17, 15) is 34.6 Å². The molecule has 0 aromatic carbocycles. The van der Waals surface area contributed by atoms with Crippen LogP contribution in [0, 0.1) is 13.8 Å². The quantitative estimate of drug-likeness (QED) is 0.493. The van der Waals surface area contributed by atoms with Crippen LogP contribution >= 0.6 is 0 Å². The average Bonchev–Trinajstić information content (AvgIpc) is 2.91. The summed E-state index contributed by atoms with van der Waals surface area (Å²) in [7, 11) is -12.1. The molecule has 1 aliphatic rings. The smallest absolute Gasteiger partial charge is 0.357 e. The highest BCUT2D eigenvalue weighted by Crippen LogP contribution is 2.39. The van der Waals surface area contributed by atoms with Crippen LogP contribution in [0.25, 0.3) is 5.57 Å². The first-order chi connectivity index (χ1) is 12.2. The Morgan fingerprint density at radius 2 is 1.63 bits per heavy atom. The van der Waals surface area contributed by atoms with Crippen LogP contribution in [-0.4, -0.2) is 43.9 Å². The monoisotopic (exact) mass is 422 g/mol. The highest BCUT2D eigenvalue weighted by atomic mass is 32.2. The van der Waals surface area contributed by atoms with Crippen molar-refractivity contribution in [1.29, 1.82) is 0 Å². The maximum atomic E-state index is 13.2. The van der Waals surface area contributed by atoms with E-state index < -0.39 is 43.6 Å². The van der Waals surface area contributed by atoms with Gasteiger partial charge in [-0.15, -0.1) is 0 Å². The summed E-state index contributed by atoms with van der Waals surface area (Å²) in [5.74, 6) is 0. The second kappa shape index (κ2) is 6.97. The van der Waals surface area contributed by atoms with Gasteiger partial charge in [-0.3, -0.25) is 22.7 Å². The molecule has 1 aliphatic heterocycles. The van der Waals surface area contributed by atoms with Gasteiger partial charge in [0.05, 0.1) is 11.4 Å². The lowest BCUT2D eigenvalue weighted by Crippen LogP contribution is -2.08. The molecule has 1 aromatic rings. The second-order valence-corrected chi connectivity index (χ2v) is 8.82. The number of aromatic nitrogens is 1. The number of H-pyrrole nitrogens is 1. The van der Waals surface area contributed by atoms with Gasteiger partial charge in [0.15, 0.2) is 0 Å². The van der Waals surface area contributed by atoms with E-state index in [1.165, 1.54) is 27.7 Å². The third kappa shape index (κ3) is 4.05. The zero-order valence-electron chi connectivity index (χ0n) is 14.8. The summed E-state index contributed by atoms with van der Waals surface area (Å²) in [4.78, 5) is 5.73. The van der Waals surface area contributed by atoms with Gasteiger partial charge >= 0.3 is 7.27 Å². The van der Waals surface area contributed by atoms with E-state index >= 15 is 0 Å². The molecule has 0 radical (unpaired) electrons. The Morgan fingerprint density at radius 1 is 1.07 bits per heavy atom. The lowest BCUT2D eigenvalue weighted by atomic mass is 9.83. The maximum absolute atomic E-state index is 13.2. The Morgan fingerprint density at radius 3 is 2.00 bits per heavy atom. The summed E-state index contributed by atoms with van der Waals surface area (Å²) in [5.41, 5.74) is -0.323. The molecule has 0 unspecified atom stereocenters. The maximum Gasteiger partial charge on any atom is 0.542 e. The molecule has 2 heterocycles. The summed E-state index contributed by atoms with van der Waals surface area (Å²) >= 11 is 0. The Labute approximate surface area is 155 Å². The molecule has 0 fully saturated rings. The molecule has 0 saturated carbocycles. The van der Waals surface area contributed by atoms with E-state index in [0.717, 1.165) is 0 Å². The SMILES string of the molecule is CC1=NC(=C(CB(F)F)c2[nH]c(C)c(S(=O)(=O)O)c2C)C(C)=C1S(=O)(=O)O. The molecular weight excluding hydrogens is 405 g/mol. The van der Waals surface area contributed by atoms with Gasteiger partial charge in [0.1, 0.15) is 9.80 Å². The number of rotatable bonds is 5. The first kappa shape index (κ1) is 21.5. The molecule has 0 aliphatic carbocycles. The van der Waals surface area contributed by atoms with Crippen molar-refractivity contribution in [2.24, 2.45) is 4.99 Å². The summed E-state index contributed by atoms with van der Waals surface area (Å²) < 4.78 is 91.4. The molecule has 13 heteroatoms. The van der Waals surface area contributed by atoms with E-state index in [4.69, 9.17) is 0 Å². The number of aryl methyl sites for hydroxylation is 1. The first-order valence-corrected chi connectivity index (χ1v) is 10.5. The van der Waals surface area contributed by atoms with Crippen LogP contribution in [0.4, 0.5) is 8.63 Å². The van der Waals surface area contributed by atoms with Crippen molar-refractivity contribution in [2.45, 2.75) is 38.9 Å². The van der Waals surface area contributed by atoms with Gasteiger partial charge < -0.3 is 4.98 Å². The van der Waals surface area contributed by atoms with Crippen LogP contribution in [0.2, 0.25) is 6.32 Å². The van der Waals surface area contributed by atoms with Crippen LogP contribution in [-0.2, 0) is 20.2 Å². The van der Waals surface area contributed by atoms with Crippen molar-refractivity contribution in [1.82, 2.24) is 4.98 Å². The van der Waals surface area contributed by atoms with Gasteiger partial charge in [-0.2, -0.15) is 16.8 Å². The number of aliphatic imine (C=N–C) groups is 1. The van der Waals surface area contributed by atoms with Crippen LogP contribution in [0.3, 0.4) is 0 Å². The summed E-state index contributed by atoms with van der Waals surface area (Å²) in [6.45, 7) is 5.27. The number of hydrogen-bond acceptors (Lipinski definition) is 5. The van der Waals surface area contributed by atoms with Crippen LogP contribution in [0.15, 0.2) is 26.1 Å². The predicted molar refractivity (Wildman–Crippen MR) is 97.1 cm³/mol. The summed E-state index contributed by atoms with van der Waals surface area (Å²) in [5, 5.41) is 0. The van der Waals surface area contributed by atoms with Crippen molar-refractivity contribution in [3.8, 4) is 0 Å². The lowest BCUT2D eigenvalue weighted by molar-refractivity contribution is 0.481. The first-order valence-electron chi connectivity index (χ1n) is 7.59. The van der Waals surface area contributed by atoms with Crippen molar-refractivity contribution in [3.05, 3.63) is 33.1 Å². The van der Waals surface area contributed by atoms with Gasteiger partial charge in [-0.25, -0.2) is 0 Å². The number of nitrogens with one attached hydrogen (secondary N) is 1. The largest absolute Gasteiger partial charge is 0.542 e. The lowest BCUT2D eigenvalue weighted by Gasteiger charge is -2.10. The normalized spacial score (nSPS) is 17.4. The number of halogens is 2. The Hall–Kier alpha value is -1.83. The van der Waals surface area contributed by atoms with Gasteiger partial charge in [0.25, 0.3) is 20.2 Å². The topological polar surface area (TPSA) is 137 Å². The Bertz CT molecular complexity index is 1110. The molecular formula is C14H17BF2N2O6S2. The molecule has 0 atom stereocenters. The van der Waals surface area contributed by atoms with Crippen molar-refractivity contribution < 1.29 is 34.6 Å². The molecule has 0 amide bonds. The molecule has 1 aromatic heterocycles. The van der Waals surface area contributed by atoms with E-state index in [2.05, 4.69) is 9.98 Å². The molecule has 0 spiro atoms. The number of allylic oxidation sites excluding steroid dienone is 3. The third-order valence-electron chi connectivity index (χ3n) is 4.13. The Kier molecular flexibility index (Phi) is 5.54. The fraction of sp³-hybridized carbons (Fsp3) is 0.357. The molecule has 8 nitrogen and oxygen atoms in total. The zero-order valence-corrected chi connectivity index (χ0v) is 16.5. The van der Waals surface area contributed by atoms with E-state index in [1.54, 1.807) is 0 Å². The van der Waals surface area contributed by atoms with Gasteiger partial charge in [0.2, 0.25) is 0 Å².